The summed E-state index contributed by atoms with van der Waals surface area (Å²) in [6.07, 6.45) is 3.84. The third-order valence-electron chi connectivity index (χ3n) is 4.90. The highest BCUT2D eigenvalue weighted by Crippen LogP contribution is 2.30. The highest BCUT2D eigenvalue weighted by Gasteiger charge is 2.25. The van der Waals surface area contributed by atoms with E-state index in [1.807, 2.05) is 20.8 Å². The Hall–Kier alpha value is -3.30. The number of nitrogens with zero attached hydrogens (tertiary/aromatic N) is 4. The molecule has 0 atom stereocenters. The molecule has 0 bridgehead atoms. The largest absolute Gasteiger partial charge is 0.444 e. The van der Waals surface area contributed by atoms with Gasteiger partial charge in [0, 0.05) is 24.5 Å². The van der Waals surface area contributed by atoms with E-state index >= 15 is 0 Å². The number of amides is 1. The van der Waals surface area contributed by atoms with Crippen LogP contribution in [0.25, 0.3) is 11.5 Å². The van der Waals surface area contributed by atoms with Crippen LogP contribution < -0.4 is 10.6 Å². The van der Waals surface area contributed by atoms with Gasteiger partial charge in [0.25, 0.3) is 12.3 Å². The molecule has 1 saturated carbocycles. The first-order valence-electron chi connectivity index (χ1n) is 10.1. The molecule has 10 heteroatoms. The van der Waals surface area contributed by atoms with Crippen LogP contribution in [0.4, 0.5) is 20.3 Å². The van der Waals surface area contributed by atoms with E-state index in [0.717, 1.165) is 6.54 Å². The maximum absolute atomic E-state index is 13.4. The molecule has 0 saturated heterocycles. The quantitative estimate of drug-likeness (QED) is 0.564. The molecule has 1 amide bonds. The third-order valence-corrected chi connectivity index (χ3v) is 4.90. The summed E-state index contributed by atoms with van der Waals surface area (Å²) in [7, 11) is 0. The highest BCUT2D eigenvalue weighted by molar-refractivity contribution is 6.03. The summed E-state index contributed by atoms with van der Waals surface area (Å²) in [4.78, 5) is 21.1. The van der Waals surface area contributed by atoms with Crippen molar-refractivity contribution >= 4 is 17.4 Å². The van der Waals surface area contributed by atoms with Gasteiger partial charge in [-0.3, -0.25) is 9.48 Å². The van der Waals surface area contributed by atoms with E-state index in [1.165, 1.54) is 30.0 Å². The van der Waals surface area contributed by atoms with Gasteiger partial charge in [-0.1, -0.05) is 0 Å². The zero-order valence-electron chi connectivity index (χ0n) is 17.5. The molecule has 0 radical (unpaired) electrons. The fourth-order valence-electron chi connectivity index (χ4n) is 2.92. The normalized spacial score (nSPS) is 14.1. The zero-order chi connectivity index (χ0) is 22.2. The van der Waals surface area contributed by atoms with E-state index in [1.54, 1.807) is 18.3 Å². The van der Waals surface area contributed by atoms with Gasteiger partial charge in [0.2, 0.25) is 5.89 Å². The second-order valence-electron chi connectivity index (χ2n) is 8.59. The number of alkyl halides is 2. The summed E-state index contributed by atoms with van der Waals surface area (Å²) in [5.74, 6) is 0.973. The monoisotopic (exact) mass is 430 g/mol. The Morgan fingerprint density at radius 2 is 2.13 bits per heavy atom. The van der Waals surface area contributed by atoms with Crippen molar-refractivity contribution in [3.8, 4) is 11.5 Å². The maximum atomic E-state index is 13.4. The van der Waals surface area contributed by atoms with Gasteiger partial charge >= 0.3 is 0 Å². The Labute approximate surface area is 178 Å². The minimum Gasteiger partial charge on any atom is -0.444 e. The average Bonchev–Trinajstić information content (AvgIpc) is 3.22. The van der Waals surface area contributed by atoms with Gasteiger partial charge in [-0.15, -0.1) is 0 Å². The number of hydrogen-bond donors (Lipinski definition) is 2. The van der Waals surface area contributed by atoms with E-state index < -0.39 is 23.6 Å². The minimum atomic E-state index is -2.83. The molecular weight excluding hydrogens is 406 g/mol. The van der Waals surface area contributed by atoms with E-state index in [4.69, 9.17) is 4.42 Å². The Bertz CT molecular complexity index is 1080. The average molecular weight is 430 g/mol. The van der Waals surface area contributed by atoms with Crippen molar-refractivity contribution in [2.24, 2.45) is 5.92 Å². The van der Waals surface area contributed by atoms with Gasteiger partial charge in [-0.25, -0.2) is 18.7 Å². The Morgan fingerprint density at radius 1 is 1.35 bits per heavy atom. The van der Waals surface area contributed by atoms with Crippen molar-refractivity contribution < 1.29 is 18.0 Å². The second kappa shape index (κ2) is 8.09. The number of hydrogen-bond acceptors (Lipinski definition) is 6. The minimum absolute atomic E-state index is 0.0250. The van der Waals surface area contributed by atoms with Gasteiger partial charge in [0.05, 0.1) is 11.2 Å². The standard InChI is InChI=1S/C21H24F2N6O2/c1-21(2,3)29-10-14(17(28-29)18(22)23)26-19(30)15-11-31-20(27-15)13-6-7-24-16(8-13)25-9-12-4-5-12/h6-8,10-12,18H,4-5,9H2,1-3H3,(H,24,25)(H,26,30). The fraction of sp³-hybridized carbons (Fsp3) is 0.429. The maximum Gasteiger partial charge on any atom is 0.284 e. The molecule has 0 aliphatic heterocycles. The van der Waals surface area contributed by atoms with Crippen molar-refractivity contribution in [3.63, 3.8) is 0 Å². The van der Waals surface area contributed by atoms with Gasteiger partial charge < -0.3 is 15.1 Å². The number of nitrogens with one attached hydrogen (secondary N) is 2. The van der Waals surface area contributed by atoms with E-state index in [9.17, 15) is 13.6 Å². The molecule has 164 valence electrons. The van der Waals surface area contributed by atoms with E-state index in [2.05, 4.69) is 25.7 Å². The van der Waals surface area contributed by atoms with Crippen molar-refractivity contribution in [3.05, 3.63) is 42.2 Å². The Morgan fingerprint density at radius 3 is 2.81 bits per heavy atom. The molecule has 0 unspecified atom stereocenters. The number of anilines is 2. The topological polar surface area (TPSA) is 97.9 Å². The molecule has 2 N–H and O–H groups in total. The van der Waals surface area contributed by atoms with E-state index in [-0.39, 0.29) is 17.3 Å². The van der Waals surface area contributed by atoms with E-state index in [0.29, 0.717) is 17.3 Å². The lowest BCUT2D eigenvalue weighted by molar-refractivity contribution is 0.102. The van der Waals surface area contributed by atoms with Crippen LogP contribution in [-0.2, 0) is 5.54 Å². The first kappa shape index (κ1) is 21.0. The molecule has 0 aromatic carbocycles. The zero-order valence-corrected chi connectivity index (χ0v) is 17.5. The lowest BCUT2D eigenvalue weighted by Crippen LogP contribution is -2.22. The molecule has 1 aliphatic rings. The molecular formula is C21H24F2N6O2. The van der Waals surface area contributed by atoms with Gasteiger partial charge in [-0.2, -0.15) is 5.10 Å². The summed E-state index contributed by atoms with van der Waals surface area (Å²) in [5, 5.41) is 9.66. The molecule has 1 fully saturated rings. The summed E-state index contributed by atoms with van der Waals surface area (Å²) < 4.78 is 33.6. The molecule has 0 spiro atoms. The van der Waals surface area contributed by atoms with Crippen molar-refractivity contribution in [2.75, 3.05) is 17.2 Å². The van der Waals surface area contributed by atoms with Crippen LogP contribution in [0.3, 0.4) is 0 Å². The number of carbonyl (C=O) groups is 1. The number of carbonyl (C=O) groups excluding carboxylic acids is 1. The van der Waals surface area contributed by atoms with Crippen LogP contribution in [0, 0.1) is 5.92 Å². The summed E-state index contributed by atoms with van der Waals surface area (Å²) in [6, 6.07) is 3.51. The molecule has 4 rings (SSSR count). The van der Waals surface area contributed by atoms with Crippen LogP contribution in [0.5, 0.6) is 0 Å². The molecule has 8 nitrogen and oxygen atoms in total. The van der Waals surface area contributed by atoms with Gasteiger partial charge in [0.1, 0.15) is 12.1 Å². The van der Waals surface area contributed by atoms with Crippen LogP contribution in [0.2, 0.25) is 0 Å². The third kappa shape index (κ3) is 4.89. The summed E-state index contributed by atoms with van der Waals surface area (Å²) >= 11 is 0. The lowest BCUT2D eigenvalue weighted by atomic mass is 10.1. The van der Waals surface area contributed by atoms with Crippen molar-refractivity contribution in [1.29, 1.82) is 0 Å². The number of aromatic nitrogens is 4. The molecule has 1 aliphatic carbocycles. The molecule has 3 aromatic heterocycles. The number of oxazole rings is 1. The predicted molar refractivity (Wildman–Crippen MR) is 111 cm³/mol. The summed E-state index contributed by atoms with van der Waals surface area (Å²) in [5.41, 5.74) is -0.438. The Kier molecular flexibility index (Phi) is 5.47. The molecule has 31 heavy (non-hydrogen) atoms. The molecule has 3 aromatic rings. The summed E-state index contributed by atoms with van der Waals surface area (Å²) in [6.45, 7) is 6.35. The van der Waals surface area contributed by atoms with Gasteiger partial charge in [-0.05, 0) is 51.7 Å². The smallest absolute Gasteiger partial charge is 0.284 e. The van der Waals surface area contributed by atoms with Crippen LogP contribution in [-0.4, -0.2) is 32.2 Å². The second-order valence-corrected chi connectivity index (χ2v) is 8.59. The van der Waals surface area contributed by atoms with Crippen molar-refractivity contribution in [2.45, 2.75) is 45.6 Å². The van der Waals surface area contributed by atoms with Crippen LogP contribution >= 0.6 is 0 Å². The number of rotatable bonds is 7. The first-order valence-corrected chi connectivity index (χ1v) is 10.1. The number of halogens is 2. The molecule has 3 heterocycles. The fourth-order valence-corrected chi connectivity index (χ4v) is 2.92. The van der Waals surface area contributed by atoms with Crippen LogP contribution in [0.15, 0.2) is 35.2 Å². The highest BCUT2D eigenvalue weighted by atomic mass is 19.3. The SMILES string of the molecule is CC(C)(C)n1cc(NC(=O)c2coc(-c3ccnc(NCC4CC4)c3)n2)c(C(F)F)n1. The van der Waals surface area contributed by atoms with Crippen molar-refractivity contribution in [1.82, 2.24) is 19.7 Å². The lowest BCUT2D eigenvalue weighted by Gasteiger charge is -2.18. The van der Waals surface area contributed by atoms with Crippen LogP contribution in [0.1, 0.15) is 56.2 Å². The van der Waals surface area contributed by atoms with Gasteiger partial charge in [0.15, 0.2) is 11.4 Å². The Balaban J connectivity index is 1.50. The predicted octanol–water partition coefficient (Wildman–Crippen LogP) is 4.70. The number of pyridine rings is 1. The first-order chi connectivity index (χ1) is 14.7.